The Kier molecular flexibility index (Phi) is 8.09. The predicted octanol–water partition coefficient (Wildman–Crippen LogP) is 5.19. The number of hydrogen-bond acceptors (Lipinski definition) is 6. The van der Waals surface area contributed by atoms with Crippen LogP contribution < -0.4 is 10.2 Å². The SMILES string of the molecule is CCc1ccc2c(N3CCCC(CNC(=O)OC(C)(C)CC)C3)nc(C3=CC(O)C=CC=C3)nc2c1. The maximum atomic E-state index is 12.3. The summed E-state index contributed by atoms with van der Waals surface area (Å²) in [4.78, 5) is 24.5. The second kappa shape index (κ2) is 11.2. The highest BCUT2D eigenvalue weighted by molar-refractivity contribution is 5.92. The van der Waals surface area contributed by atoms with Crippen molar-refractivity contribution in [3.8, 4) is 0 Å². The zero-order valence-electron chi connectivity index (χ0n) is 21.8. The Labute approximate surface area is 214 Å². The van der Waals surface area contributed by atoms with Crippen molar-refractivity contribution in [2.75, 3.05) is 24.5 Å². The van der Waals surface area contributed by atoms with Gasteiger partial charge in [0, 0.05) is 30.6 Å². The van der Waals surface area contributed by atoms with Crippen LogP contribution in [0.15, 0.2) is 48.6 Å². The number of aliphatic hydroxyl groups is 1. The number of aromatic nitrogens is 2. The Morgan fingerprint density at radius 3 is 2.86 bits per heavy atom. The number of anilines is 1. The monoisotopic (exact) mass is 490 g/mol. The van der Waals surface area contributed by atoms with Crippen LogP contribution in [0.25, 0.3) is 16.5 Å². The third-order valence-corrected chi connectivity index (χ3v) is 7.03. The van der Waals surface area contributed by atoms with E-state index in [0.29, 0.717) is 18.3 Å². The van der Waals surface area contributed by atoms with E-state index in [1.165, 1.54) is 5.56 Å². The summed E-state index contributed by atoms with van der Waals surface area (Å²) in [7, 11) is 0. The summed E-state index contributed by atoms with van der Waals surface area (Å²) in [5, 5.41) is 14.2. The average molecular weight is 491 g/mol. The molecule has 4 rings (SSSR count). The van der Waals surface area contributed by atoms with E-state index in [4.69, 9.17) is 14.7 Å². The fourth-order valence-corrected chi connectivity index (χ4v) is 4.54. The first-order valence-electron chi connectivity index (χ1n) is 13.1. The number of fused-ring (bicyclic) bond motifs is 1. The number of hydrogen-bond donors (Lipinski definition) is 2. The van der Waals surface area contributed by atoms with Crippen LogP contribution in [-0.2, 0) is 11.2 Å². The molecule has 2 aliphatic rings. The number of carbonyl (C=O) groups is 1. The summed E-state index contributed by atoms with van der Waals surface area (Å²) in [5.41, 5.74) is 2.45. The molecular weight excluding hydrogens is 452 g/mol. The molecule has 0 bridgehead atoms. The van der Waals surface area contributed by atoms with Crippen LogP contribution in [0.2, 0.25) is 0 Å². The lowest BCUT2D eigenvalue weighted by Crippen LogP contribution is -2.43. The largest absolute Gasteiger partial charge is 0.444 e. The Hall–Kier alpha value is -3.19. The molecule has 2 heterocycles. The van der Waals surface area contributed by atoms with Crippen LogP contribution >= 0.6 is 0 Å². The van der Waals surface area contributed by atoms with E-state index >= 15 is 0 Å². The Morgan fingerprint density at radius 1 is 1.25 bits per heavy atom. The lowest BCUT2D eigenvalue weighted by molar-refractivity contribution is 0.0355. The van der Waals surface area contributed by atoms with E-state index in [-0.39, 0.29) is 6.09 Å². The molecule has 1 amide bonds. The quantitative estimate of drug-likeness (QED) is 0.555. The van der Waals surface area contributed by atoms with E-state index in [0.717, 1.165) is 61.1 Å². The molecule has 7 nitrogen and oxygen atoms in total. The summed E-state index contributed by atoms with van der Waals surface area (Å²) in [5.74, 6) is 1.80. The number of benzene rings is 1. The van der Waals surface area contributed by atoms with Crippen molar-refractivity contribution in [2.45, 2.75) is 65.1 Å². The molecule has 1 aromatic heterocycles. The molecule has 2 N–H and O–H groups in total. The van der Waals surface area contributed by atoms with E-state index in [1.807, 2.05) is 39.0 Å². The lowest BCUT2D eigenvalue weighted by atomic mass is 9.97. The highest BCUT2D eigenvalue weighted by atomic mass is 16.6. The van der Waals surface area contributed by atoms with Crippen molar-refractivity contribution >= 4 is 28.4 Å². The summed E-state index contributed by atoms with van der Waals surface area (Å²) in [6.07, 6.45) is 11.9. The third kappa shape index (κ3) is 6.32. The van der Waals surface area contributed by atoms with Gasteiger partial charge in [0.1, 0.15) is 11.4 Å². The first kappa shape index (κ1) is 25.9. The molecule has 1 aliphatic carbocycles. The van der Waals surface area contributed by atoms with Gasteiger partial charge in [-0.2, -0.15) is 0 Å². The molecule has 1 saturated heterocycles. The van der Waals surface area contributed by atoms with E-state index in [2.05, 4.69) is 35.3 Å². The van der Waals surface area contributed by atoms with Gasteiger partial charge in [0.15, 0.2) is 5.82 Å². The molecule has 2 aromatic rings. The van der Waals surface area contributed by atoms with Gasteiger partial charge in [-0.3, -0.25) is 0 Å². The van der Waals surface area contributed by atoms with E-state index in [9.17, 15) is 9.90 Å². The van der Waals surface area contributed by atoms with Gasteiger partial charge < -0.3 is 20.1 Å². The summed E-state index contributed by atoms with van der Waals surface area (Å²) in [6, 6.07) is 6.39. The fourth-order valence-electron chi connectivity index (χ4n) is 4.54. The van der Waals surface area contributed by atoms with E-state index in [1.54, 1.807) is 12.2 Å². The smallest absolute Gasteiger partial charge is 0.407 e. The zero-order valence-corrected chi connectivity index (χ0v) is 21.8. The fraction of sp³-hybridized carbons (Fsp3) is 0.483. The Balaban J connectivity index is 1.60. The predicted molar refractivity (Wildman–Crippen MR) is 145 cm³/mol. The normalized spacial score (nSPS) is 20.2. The first-order valence-corrected chi connectivity index (χ1v) is 13.1. The number of nitrogens with one attached hydrogen (secondary N) is 1. The molecule has 1 aliphatic heterocycles. The summed E-state index contributed by atoms with van der Waals surface area (Å²) < 4.78 is 5.55. The van der Waals surface area contributed by atoms with Crippen molar-refractivity contribution < 1.29 is 14.6 Å². The topological polar surface area (TPSA) is 87.6 Å². The van der Waals surface area contributed by atoms with Crippen LogP contribution in [0.5, 0.6) is 0 Å². The average Bonchev–Trinajstić information content (AvgIpc) is 3.10. The van der Waals surface area contributed by atoms with Gasteiger partial charge in [0.2, 0.25) is 0 Å². The molecule has 0 spiro atoms. The first-order chi connectivity index (χ1) is 17.3. The highest BCUT2D eigenvalue weighted by Gasteiger charge is 2.26. The van der Waals surface area contributed by atoms with Crippen LogP contribution in [0.4, 0.5) is 10.6 Å². The highest BCUT2D eigenvalue weighted by Crippen LogP contribution is 2.31. The van der Waals surface area contributed by atoms with Gasteiger partial charge in [0.25, 0.3) is 0 Å². The number of allylic oxidation sites excluding steroid dienone is 4. The van der Waals surface area contributed by atoms with Crippen molar-refractivity contribution in [2.24, 2.45) is 5.92 Å². The molecule has 0 saturated carbocycles. The second-order valence-electron chi connectivity index (χ2n) is 10.3. The molecule has 0 radical (unpaired) electrons. The van der Waals surface area contributed by atoms with Gasteiger partial charge in [-0.05, 0) is 69.2 Å². The van der Waals surface area contributed by atoms with Crippen molar-refractivity contribution in [1.82, 2.24) is 15.3 Å². The molecule has 1 aromatic carbocycles. The molecule has 2 atom stereocenters. The van der Waals surface area contributed by atoms with Gasteiger partial charge >= 0.3 is 6.09 Å². The minimum atomic E-state index is -0.678. The number of aryl methyl sites for hydroxylation is 1. The van der Waals surface area contributed by atoms with Crippen LogP contribution in [-0.4, -0.2) is 52.5 Å². The second-order valence-corrected chi connectivity index (χ2v) is 10.3. The van der Waals surface area contributed by atoms with Crippen LogP contribution in [0.1, 0.15) is 58.3 Å². The minimum Gasteiger partial charge on any atom is -0.444 e. The van der Waals surface area contributed by atoms with Gasteiger partial charge in [-0.1, -0.05) is 44.2 Å². The number of amides is 1. The number of aliphatic hydroxyl groups excluding tert-OH is 1. The zero-order chi connectivity index (χ0) is 25.7. The standard InChI is InChI=1S/C29H38N4O3/c1-5-20-13-14-24-25(16-20)31-26(22-11-7-8-12-23(34)17-22)32-27(24)33-15-9-10-21(19-33)18-30-28(35)36-29(3,4)6-2/h7-8,11-14,16-17,21,23,34H,5-6,9-10,15,18-19H2,1-4H3,(H,30,35). The maximum absolute atomic E-state index is 12.3. The number of ether oxygens (including phenoxy) is 1. The molecule has 2 unspecified atom stereocenters. The number of alkyl carbamates (subject to hydrolysis) is 1. The summed E-state index contributed by atoms with van der Waals surface area (Å²) in [6.45, 7) is 10.2. The van der Waals surface area contributed by atoms with Crippen molar-refractivity contribution in [3.63, 3.8) is 0 Å². The number of rotatable bonds is 7. The maximum Gasteiger partial charge on any atom is 0.407 e. The number of piperidine rings is 1. The molecule has 1 fully saturated rings. The lowest BCUT2D eigenvalue weighted by Gasteiger charge is -2.34. The van der Waals surface area contributed by atoms with Gasteiger partial charge in [-0.25, -0.2) is 14.8 Å². The molecule has 36 heavy (non-hydrogen) atoms. The number of nitrogens with zero attached hydrogens (tertiary/aromatic N) is 3. The van der Waals surface area contributed by atoms with Crippen molar-refractivity contribution in [3.05, 3.63) is 60.0 Å². The van der Waals surface area contributed by atoms with Gasteiger partial charge in [-0.15, -0.1) is 0 Å². The Morgan fingerprint density at radius 2 is 2.08 bits per heavy atom. The summed E-state index contributed by atoms with van der Waals surface area (Å²) >= 11 is 0. The minimum absolute atomic E-state index is 0.294. The van der Waals surface area contributed by atoms with E-state index < -0.39 is 11.7 Å². The molecule has 7 heteroatoms. The van der Waals surface area contributed by atoms with Crippen LogP contribution in [0.3, 0.4) is 0 Å². The molecule has 192 valence electrons. The third-order valence-electron chi connectivity index (χ3n) is 7.03. The molecular formula is C29H38N4O3. The van der Waals surface area contributed by atoms with Crippen molar-refractivity contribution in [1.29, 1.82) is 0 Å². The van der Waals surface area contributed by atoms with Gasteiger partial charge in [0.05, 0.1) is 11.6 Å². The number of carbonyl (C=O) groups excluding carboxylic acids is 1. The Bertz CT molecular complexity index is 1180. The van der Waals surface area contributed by atoms with Crippen LogP contribution in [0, 0.1) is 5.92 Å².